The van der Waals surface area contributed by atoms with E-state index in [1.807, 2.05) is 30.8 Å². The summed E-state index contributed by atoms with van der Waals surface area (Å²) in [6.07, 6.45) is 5.54. The lowest BCUT2D eigenvalue weighted by Crippen LogP contribution is -2.08. The second-order valence-electron chi connectivity index (χ2n) is 4.38. The number of hydrogen-bond acceptors (Lipinski definition) is 4. The van der Waals surface area contributed by atoms with Crippen LogP contribution in [0.25, 0.3) is 0 Å². The van der Waals surface area contributed by atoms with E-state index in [9.17, 15) is 0 Å². The van der Waals surface area contributed by atoms with E-state index in [-0.39, 0.29) is 0 Å². The van der Waals surface area contributed by atoms with E-state index >= 15 is 0 Å². The maximum atomic E-state index is 4.51. The SMILES string of the molecule is CCCNc1nc(C)cc(Cc2nccn2C)n1. The van der Waals surface area contributed by atoms with Crippen molar-refractivity contribution in [3.63, 3.8) is 0 Å². The zero-order valence-electron chi connectivity index (χ0n) is 11.1. The lowest BCUT2D eigenvalue weighted by molar-refractivity contribution is 0.806. The Morgan fingerprint density at radius 2 is 2.17 bits per heavy atom. The first kappa shape index (κ1) is 12.5. The number of aromatic nitrogens is 4. The fraction of sp³-hybridized carbons (Fsp3) is 0.462. The van der Waals surface area contributed by atoms with Gasteiger partial charge in [-0.15, -0.1) is 0 Å². The van der Waals surface area contributed by atoms with Crippen LogP contribution in [-0.4, -0.2) is 26.1 Å². The molecule has 0 fully saturated rings. The van der Waals surface area contributed by atoms with Crippen LogP contribution in [0.4, 0.5) is 5.95 Å². The van der Waals surface area contributed by atoms with E-state index in [1.165, 1.54) is 0 Å². The van der Waals surface area contributed by atoms with Crippen molar-refractivity contribution in [3.05, 3.63) is 35.7 Å². The molecule has 2 rings (SSSR count). The number of hydrogen-bond donors (Lipinski definition) is 1. The fourth-order valence-corrected chi connectivity index (χ4v) is 1.77. The molecule has 0 radical (unpaired) electrons. The molecular formula is C13H19N5. The summed E-state index contributed by atoms with van der Waals surface area (Å²) in [5.41, 5.74) is 1.98. The molecule has 0 unspecified atom stereocenters. The van der Waals surface area contributed by atoms with Gasteiger partial charge in [-0.05, 0) is 19.4 Å². The average molecular weight is 245 g/mol. The predicted octanol–water partition coefficient (Wildman–Crippen LogP) is 1.93. The van der Waals surface area contributed by atoms with Crippen molar-refractivity contribution >= 4 is 5.95 Å². The summed E-state index contributed by atoms with van der Waals surface area (Å²) in [6, 6.07) is 2.01. The molecule has 2 aromatic heterocycles. The standard InChI is InChI=1S/C13H19N5/c1-4-5-15-13-16-10(2)8-11(17-13)9-12-14-6-7-18(12)3/h6-8H,4-5,9H2,1-3H3,(H,15,16,17). The number of rotatable bonds is 5. The minimum Gasteiger partial charge on any atom is -0.354 e. The van der Waals surface area contributed by atoms with Gasteiger partial charge >= 0.3 is 0 Å². The van der Waals surface area contributed by atoms with Gasteiger partial charge in [-0.3, -0.25) is 0 Å². The van der Waals surface area contributed by atoms with Crippen molar-refractivity contribution in [1.82, 2.24) is 19.5 Å². The molecule has 0 aliphatic heterocycles. The minimum absolute atomic E-state index is 0.709. The normalized spacial score (nSPS) is 10.6. The van der Waals surface area contributed by atoms with Crippen LogP contribution in [-0.2, 0) is 13.5 Å². The molecular weight excluding hydrogens is 226 g/mol. The first-order valence-electron chi connectivity index (χ1n) is 6.23. The van der Waals surface area contributed by atoms with Gasteiger partial charge in [0, 0.05) is 38.1 Å². The van der Waals surface area contributed by atoms with Crippen LogP contribution in [0.1, 0.15) is 30.6 Å². The molecule has 0 aromatic carbocycles. The molecule has 0 spiro atoms. The van der Waals surface area contributed by atoms with Crippen LogP contribution in [0.3, 0.4) is 0 Å². The Balaban J connectivity index is 2.17. The molecule has 2 aromatic rings. The Labute approximate surface area is 107 Å². The molecule has 0 bridgehead atoms. The summed E-state index contributed by atoms with van der Waals surface area (Å²) in [4.78, 5) is 13.2. The third-order valence-corrected chi connectivity index (χ3v) is 2.70. The summed E-state index contributed by atoms with van der Waals surface area (Å²) in [5.74, 6) is 1.72. The van der Waals surface area contributed by atoms with E-state index in [2.05, 4.69) is 27.2 Å². The van der Waals surface area contributed by atoms with Gasteiger partial charge in [-0.2, -0.15) is 0 Å². The molecule has 0 saturated carbocycles. The monoisotopic (exact) mass is 245 g/mol. The molecule has 2 heterocycles. The highest BCUT2D eigenvalue weighted by Crippen LogP contribution is 2.09. The van der Waals surface area contributed by atoms with Gasteiger partial charge < -0.3 is 9.88 Å². The van der Waals surface area contributed by atoms with Crippen LogP contribution in [0.2, 0.25) is 0 Å². The molecule has 0 atom stereocenters. The van der Waals surface area contributed by atoms with Crippen molar-refractivity contribution in [2.45, 2.75) is 26.7 Å². The number of nitrogens with one attached hydrogen (secondary N) is 1. The van der Waals surface area contributed by atoms with Crippen LogP contribution < -0.4 is 5.32 Å². The second kappa shape index (κ2) is 5.62. The molecule has 0 aliphatic rings. The highest BCUT2D eigenvalue weighted by Gasteiger charge is 2.06. The van der Waals surface area contributed by atoms with Crippen LogP contribution >= 0.6 is 0 Å². The Kier molecular flexibility index (Phi) is 3.92. The third kappa shape index (κ3) is 3.06. The Hall–Kier alpha value is -1.91. The number of anilines is 1. The predicted molar refractivity (Wildman–Crippen MR) is 71.6 cm³/mol. The second-order valence-corrected chi connectivity index (χ2v) is 4.38. The topological polar surface area (TPSA) is 55.6 Å². The molecule has 5 nitrogen and oxygen atoms in total. The zero-order valence-corrected chi connectivity index (χ0v) is 11.1. The maximum absolute atomic E-state index is 4.51. The summed E-state index contributed by atoms with van der Waals surface area (Å²) < 4.78 is 2.01. The van der Waals surface area contributed by atoms with Crippen LogP contribution in [0, 0.1) is 6.92 Å². The van der Waals surface area contributed by atoms with Crippen LogP contribution in [0.15, 0.2) is 18.5 Å². The number of imidazole rings is 1. The van der Waals surface area contributed by atoms with Crippen LogP contribution in [0.5, 0.6) is 0 Å². The average Bonchev–Trinajstić information content (AvgIpc) is 2.72. The summed E-state index contributed by atoms with van der Waals surface area (Å²) in [5, 5.41) is 3.22. The maximum Gasteiger partial charge on any atom is 0.223 e. The molecule has 0 amide bonds. The highest BCUT2D eigenvalue weighted by atomic mass is 15.1. The Bertz CT molecular complexity index is 518. The smallest absolute Gasteiger partial charge is 0.223 e. The highest BCUT2D eigenvalue weighted by molar-refractivity contribution is 5.29. The molecule has 0 aliphatic carbocycles. The minimum atomic E-state index is 0.709. The van der Waals surface area contributed by atoms with Crippen molar-refractivity contribution in [1.29, 1.82) is 0 Å². The van der Waals surface area contributed by atoms with E-state index < -0.39 is 0 Å². The zero-order chi connectivity index (χ0) is 13.0. The van der Waals surface area contributed by atoms with E-state index in [0.29, 0.717) is 5.95 Å². The lowest BCUT2D eigenvalue weighted by Gasteiger charge is -2.07. The van der Waals surface area contributed by atoms with Gasteiger partial charge in [0.1, 0.15) is 5.82 Å². The fourth-order valence-electron chi connectivity index (χ4n) is 1.77. The first-order valence-corrected chi connectivity index (χ1v) is 6.23. The van der Waals surface area contributed by atoms with Crippen molar-refractivity contribution in [2.24, 2.45) is 7.05 Å². The quantitative estimate of drug-likeness (QED) is 0.874. The lowest BCUT2D eigenvalue weighted by atomic mass is 10.2. The molecule has 18 heavy (non-hydrogen) atoms. The molecule has 5 heteroatoms. The van der Waals surface area contributed by atoms with Gasteiger partial charge in [-0.1, -0.05) is 6.92 Å². The summed E-state index contributed by atoms with van der Waals surface area (Å²) >= 11 is 0. The first-order chi connectivity index (χ1) is 8.69. The summed E-state index contributed by atoms with van der Waals surface area (Å²) in [7, 11) is 1.99. The molecule has 1 N–H and O–H groups in total. The van der Waals surface area contributed by atoms with Crippen molar-refractivity contribution < 1.29 is 0 Å². The largest absolute Gasteiger partial charge is 0.354 e. The molecule has 0 saturated heterocycles. The van der Waals surface area contributed by atoms with Gasteiger partial charge in [0.05, 0.1) is 5.69 Å². The molecule has 96 valence electrons. The number of nitrogens with zero attached hydrogens (tertiary/aromatic N) is 4. The van der Waals surface area contributed by atoms with Gasteiger partial charge in [-0.25, -0.2) is 15.0 Å². The Morgan fingerprint density at radius 1 is 1.33 bits per heavy atom. The third-order valence-electron chi connectivity index (χ3n) is 2.70. The summed E-state index contributed by atoms with van der Waals surface area (Å²) in [6.45, 7) is 5.00. The van der Waals surface area contributed by atoms with Gasteiger partial charge in [0.25, 0.3) is 0 Å². The Morgan fingerprint density at radius 3 is 2.83 bits per heavy atom. The van der Waals surface area contributed by atoms with Crippen molar-refractivity contribution in [3.8, 4) is 0 Å². The number of aryl methyl sites for hydroxylation is 2. The van der Waals surface area contributed by atoms with Crippen molar-refractivity contribution in [2.75, 3.05) is 11.9 Å². The van der Waals surface area contributed by atoms with E-state index in [1.54, 1.807) is 6.20 Å². The van der Waals surface area contributed by atoms with E-state index in [4.69, 9.17) is 0 Å². The van der Waals surface area contributed by atoms with Gasteiger partial charge in [0.2, 0.25) is 5.95 Å². The van der Waals surface area contributed by atoms with E-state index in [0.717, 1.165) is 36.6 Å². The van der Waals surface area contributed by atoms with Gasteiger partial charge in [0.15, 0.2) is 0 Å².